The van der Waals surface area contributed by atoms with Crippen molar-refractivity contribution < 1.29 is 9.59 Å². The average Bonchev–Trinajstić information content (AvgIpc) is 2.83. The van der Waals surface area contributed by atoms with Crippen molar-refractivity contribution in [3.63, 3.8) is 0 Å². The Balaban J connectivity index is 1.49. The van der Waals surface area contributed by atoms with Gasteiger partial charge in [0.25, 0.3) is 11.8 Å². The minimum atomic E-state index is -0.0547. The molecule has 0 saturated heterocycles. The maximum absolute atomic E-state index is 12.9. The van der Waals surface area contributed by atoms with Crippen molar-refractivity contribution in [3.05, 3.63) is 108 Å². The van der Waals surface area contributed by atoms with E-state index in [2.05, 4.69) is 9.97 Å². The largest absolute Gasteiger partial charge is 0.337 e. The number of benzene rings is 2. The maximum atomic E-state index is 12.9. The van der Waals surface area contributed by atoms with Gasteiger partial charge < -0.3 is 9.80 Å². The van der Waals surface area contributed by atoms with Crippen molar-refractivity contribution in [2.45, 2.75) is 13.1 Å². The van der Waals surface area contributed by atoms with Crippen LogP contribution in [-0.2, 0) is 13.1 Å². The fourth-order valence-electron chi connectivity index (χ4n) is 3.62. The van der Waals surface area contributed by atoms with E-state index in [9.17, 15) is 9.59 Å². The van der Waals surface area contributed by atoms with Crippen LogP contribution in [0.4, 0.5) is 0 Å². The number of pyridine rings is 2. The Labute approximate surface area is 187 Å². The summed E-state index contributed by atoms with van der Waals surface area (Å²) >= 11 is 0. The first-order valence-electron chi connectivity index (χ1n) is 10.3. The second kappa shape index (κ2) is 9.39. The third kappa shape index (κ3) is 4.81. The van der Waals surface area contributed by atoms with Crippen LogP contribution in [0.15, 0.2) is 85.5 Å². The molecule has 6 nitrogen and oxygen atoms in total. The number of aromatic nitrogens is 2. The van der Waals surface area contributed by atoms with E-state index in [0.29, 0.717) is 24.2 Å². The molecule has 2 amide bonds. The van der Waals surface area contributed by atoms with Gasteiger partial charge in [-0.15, -0.1) is 0 Å². The van der Waals surface area contributed by atoms with Gasteiger partial charge in [0.1, 0.15) is 0 Å². The molecule has 0 aliphatic rings. The summed E-state index contributed by atoms with van der Waals surface area (Å²) in [4.78, 5) is 37.1. The zero-order valence-electron chi connectivity index (χ0n) is 18.1. The second-order valence-electron chi connectivity index (χ2n) is 7.81. The fourth-order valence-corrected chi connectivity index (χ4v) is 3.62. The van der Waals surface area contributed by atoms with Gasteiger partial charge in [-0.2, -0.15) is 0 Å². The lowest BCUT2D eigenvalue weighted by Gasteiger charge is -2.18. The highest BCUT2D eigenvalue weighted by Gasteiger charge is 2.15. The molecular formula is C26H24N4O2. The molecule has 2 aromatic heterocycles. The van der Waals surface area contributed by atoms with E-state index >= 15 is 0 Å². The highest BCUT2D eigenvalue weighted by Crippen LogP contribution is 2.20. The number of carbonyl (C=O) groups is 2. The number of fused-ring (bicyclic) bond motifs is 1. The molecule has 2 aromatic carbocycles. The summed E-state index contributed by atoms with van der Waals surface area (Å²) in [6.07, 6.45) is 6.88. The Morgan fingerprint density at radius 2 is 1.00 bits per heavy atom. The highest BCUT2D eigenvalue weighted by molar-refractivity contribution is 6.01. The van der Waals surface area contributed by atoms with Crippen molar-refractivity contribution in [2.24, 2.45) is 0 Å². The predicted molar refractivity (Wildman–Crippen MR) is 124 cm³/mol. The van der Waals surface area contributed by atoms with Gasteiger partial charge in [-0.25, -0.2) is 0 Å². The van der Waals surface area contributed by atoms with Crippen molar-refractivity contribution in [2.75, 3.05) is 14.1 Å². The summed E-state index contributed by atoms with van der Waals surface area (Å²) in [7, 11) is 3.57. The van der Waals surface area contributed by atoms with Crippen LogP contribution in [-0.4, -0.2) is 45.7 Å². The van der Waals surface area contributed by atoms with Crippen LogP contribution < -0.4 is 0 Å². The SMILES string of the molecule is CN(Cc1ccncc1)C(=O)c1ccc2cc(C(=O)N(C)Cc3ccncc3)ccc2c1. The molecule has 0 fully saturated rings. The van der Waals surface area contributed by atoms with E-state index in [0.717, 1.165) is 21.9 Å². The van der Waals surface area contributed by atoms with Crippen LogP contribution in [0.25, 0.3) is 10.8 Å². The molecule has 2 heterocycles. The fraction of sp³-hybridized carbons (Fsp3) is 0.154. The lowest BCUT2D eigenvalue weighted by atomic mass is 10.0. The molecule has 4 aromatic rings. The van der Waals surface area contributed by atoms with Gasteiger partial charge in [0.05, 0.1) is 0 Å². The first-order chi connectivity index (χ1) is 15.5. The monoisotopic (exact) mass is 424 g/mol. The van der Waals surface area contributed by atoms with Gasteiger partial charge in [-0.05, 0) is 70.4 Å². The molecule has 0 unspecified atom stereocenters. The summed E-state index contributed by atoms with van der Waals surface area (Å²) in [6, 6.07) is 18.7. The Morgan fingerprint density at radius 1 is 0.625 bits per heavy atom. The third-order valence-electron chi connectivity index (χ3n) is 5.37. The van der Waals surface area contributed by atoms with Gasteiger partial charge in [0.2, 0.25) is 0 Å². The van der Waals surface area contributed by atoms with E-state index in [4.69, 9.17) is 0 Å². The van der Waals surface area contributed by atoms with Crippen LogP contribution in [0.2, 0.25) is 0 Å². The zero-order valence-corrected chi connectivity index (χ0v) is 18.1. The zero-order chi connectivity index (χ0) is 22.5. The number of amides is 2. The predicted octanol–water partition coefficient (Wildman–Crippen LogP) is 4.17. The summed E-state index contributed by atoms with van der Waals surface area (Å²) in [5.41, 5.74) is 3.28. The van der Waals surface area contributed by atoms with Gasteiger partial charge in [0, 0.05) is 63.1 Å². The van der Waals surface area contributed by atoms with Crippen molar-refractivity contribution in [1.82, 2.24) is 19.8 Å². The molecule has 0 aliphatic carbocycles. The van der Waals surface area contributed by atoms with Crippen molar-refractivity contribution in [3.8, 4) is 0 Å². The lowest BCUT2D eigenvalue weighted by Crippen LogP contribution is -2.26. The van der Waals surface area contributed by atoms with Crippen LogP contribution >= 0.6 is 0 Å². The summed E-state index contributed by atoms with van der Waals surface area (Å²) in [5.74, 6) is -0.109. The summed E-state index contributed by atoms with van der Waals surface area (Å²) < 4.78 is 0. The van der Waals surface area contributed by atoms with Gasteiger partial charge in [-0.1, -0.05) is 12.1 Å². The molecule has 6 heteroatoms. The van der Waals surface area contributed by atoms with E-state index in [1.807, 2.05) is 60.7 Å². The van der Waals surface area contributed by atoms with Crippen LogP contribution in [0, 0.1) is 0 Å². The van der Waals surface area contributed by atoms with E-state index in [-0.39, 0.29) is 11.8 Å². The minimum absolute atomic E-state index is 0.0547. The average molecular weight is 425 g/mol. The Kier molecular flexibility index (Phi) is 6.22. The van der Waals surface area contributed by atoms with Crippen LogP contribution in [0.3, 0.4) is 0 Å². The molecule has 0 radical (unpaired) electrons. The normalized spacial score (nSPS) is 10.7. The molecule has 0 aliphatic heterocycles. The topological polar surface area (TPSA) is 66.4 Å². The molecule has 32 heavy (non-hydrogen) atoms. The molecule has 0 N–H and O–H groups in total. The standard InChI is InChI=1S/C26H24N4O2/c1-29(17-19-7-11-27-12-8-19)25(31)23-5-3-22-16-24(6-4-21(22)15-23)26(32)30(2)18-20-9-13-28-14-10-20/h3-16H,17-18H2,1-2H3. The van der Waals surface area contributed by atoms with Gasteiger partial charge >= 0.3 is 0 Å². The summed E-state index contributed by atoms with van der Waals surface area (Å²) in [6.45, 7) is 1.02. The quantitative estimate of drug-likeness (QED) is 0.466. The Bertz CT molecular complexity index is 1140. The first kappa shape index (κ1) is 21.2. The van der Waals surface area contributed by atoms with E-state index in [1.165, 1.54) is 0 Å². The molecule has 160 valence electrons. The first-order valence-corrected chi connectivity index (χ1v) is 10.3. The van der Waals surface area contributed by atoms with E-state index in [1.54, 1.807) is 48.7 Å². The van der Waals surface area contributed by atoms with Crippen molar-refractivity contribution in [1.29, 1.82) is 0 Å². The smallest absolute Gasteiger partial charge is 0.253 e. The Morgan fingerprint density at radius 3 is 1.38 bits per heavy atom. The molecule has 0 bridgehead atoms. The minimum Gasteiger partial charge on any atom is -0.337 e. The lowest BCUT2D eigenvalue weighted by molar-refractivity contribution is 0.0778. The van der Waals surface area contributed by atoms with Crippen molar-refractivity contribution >= 4 is 22.6 Å². The van der Waals surface area contributed by atoms with Crippen LogP contribution in [0.1, 0.15) is 31.8 Å². The molecular weight excluding hydrogens is 400 g/mol. The maximum Gasteiger partial charge on any atom is 0.253 e. The highest BCUT2D eigenvalue weighted by atomic mass is 16.2. The summed E-state index contributed by atoms with van der Waals surface area (Å²) in [5, 5.41) is 1.84. The van der Waals surface area contributed by atoms with Gasteiger partial charge in [-0.3, -0.25) is 19.6 Å². The Hall–Kier alpha value is -4.06. The number of rotatable bonds is 6. The molecule has 0 spiro atoms. The number of hydrogen-bond acceptors (Lipinski definition) is 4. The third-order valence-corrected chi connectivity index (χ3v) is 5.37. The molecule has 0 saturated carbocycles. The van der Waals surface area contributed by atoms with Crippen LogP contribution in [0.5, 0.6) is 0 Å². The number of hydrogen-bond donors (Lipinski definition) is 0. The number of carbonyl (C=O) groups excluding carboxylic acids is 2. The van der Waals surface area contributed by atoms with Gasteiger partial charge in [0.15, 0.2) is 0 Å². The molecule has 4 rings (SSSR count). The van der Waals surface area contributed by atoms with E-state index < -0.39 is 0 Å². The number of nitrogens with zero attached hydrogens (tertiary/aromatic N) is 4. The second-order valence-corrected chi connectivity index (χ2v) is 7.81. The molecule has 0 atom stereocenters.